The fourth-order valence-electron chi connectivity index (χ4n) is 4.41. The van der Waals surface area contributed by atoms with Gasteiger partial charge in [0, 0.05) is 30.3 Å². The largest absolute Gasteiger partial charge is 0.343 e. The molecule has 2 atom stereocenters. The monoisotopic (exact) mass is 452 g/mol. The molecule has 0 radical (unpaired) electrons. The van der Waals surface area contributed by atoms with E-state index in [1.165, 1.54) is 4.90 Å². The van der Waals surface area contributed by atoms with E-state index in [-0.39, 0.29) is 36.7 Å². The highest BCUT2D eigenvalue weighted by Crippen LogP contribution is 2.42. The number of carbonyl (C=O) groups excluding carboxylic acids is 4. The number of fused-ring (bicyclic) bond motifs is 1. The van der Waals surface area contributed by atoms with E-state index in [9.17, 15) is 19.2 Å². The second-order valence-corrected chi connectivity index (χ2v) is 8.84. The Labute approximate surface area is 189 Å². The fraction of sp³-hybridized carbons (Fsp3) is 0.348. The number of nitrogens with one attached hydrogen (secondary N) is 2. The Morgan fingerprint density at radius 3 is 2.72 bits per heavy atom. The van der Waals surface area contributed by atoms with Gasteiger partial charge in [-0.2, -0.15) is 0 Å². The van der Waals surface area contributed by atoms with Crippen LogP contribution in [-0.4, -0.2) is 39.6 Å². The second-order valence-electron chi connectivity index (χ2n) is 8.43. The summed E-state index contributed by atoms with van der Waals surface area (Å²) in [5.41, 5.74) is 2.24. The van der Waals surface area contributed by atoms with Gasteiger partial charge < -0.3 is 10.2 Å². The van der Waals surface area contributed by atoms with Crippen molar-refractivity contribution in [2.75, 3.05) is 0 Å². The van der Waals surface area contributed by atoms with E-state index in [4.69, 9.17) is 11.6 Å². The molecule has 0 bridgehead atoms. The number of pyridine rings is 1. The zero-order valence-corrected chi connectivity index (χ0v) is 17.9. The van der Waals surface area contributed by atoms with Crippen LogP contribution in [0.5, 0.6) is 0 Å². The Balaban J connectivity index is 1.34. The van der Waals surface area contributed by atoms with Gasteiger partial charge in [-0.1, -0.05) is 11.6 Å². The zero-order valence-electron chi connectivity index (χ0n) is 17.1. The molecule has 3 heterocycles. The normalized spacial score (nSPS) is 21.2. The predicted octanol–water partition coefficient (Wildman–Crippen LogP) is 2.38. The number of halogens is 1. The quantitative estimate of drug-likeness (QED) is 0.677. The van der Waals surface area contributed by atoms with Crippen LogP contribution < -0.4 is 10.6 Å². The van der Waals surface area contributed by atoms with Crippen molar-refractivity contribution in [1.82, 2.24) is 20.5 Å². The summed E-state index contributed by atoms with van der Waals surface area (Å²) in [6.45, 7) is 0.222. The highest BCUT2D eigenvalue weighted by atomic mass is 35.5. The van der Waals surface area contributed by atoms with Gasteiger partial charge in [-0.3, -0.25) is 29.5 Å². The summed E-state index contributed by atoms with van der Waals surface area (Å²) < 4.78 is 0. The Kier molecular flexibility index (Phi) is 5.17. The van der Waals surface area contributed by atoms with E-state index in [0.717, 1.165) is 12.8 Å². The van der Waals surface area contributed by atoms with E-state index in [1.54, 1.807) is 36.5 Å². The maximum absolute atomic E-state index is 13.0. The van der Waals surface area contributed by atoms with Crippen LogP contribution in [0.1, 0.15) is 63.7 Å². The minimum absolute atomic E-state index is 0.197. The molecular formula is C23H21ClN4O4. The summed E-state index contributed by atoms with van der Waals surface area (Å²) in [7, 11) is 0. The summed E-state index contributed by atoms with van der Waals surface area (Å²) >= 11 is 6.31. The molecule has 3 aliphatic rings. The van der Waals surface area contributed by atoms with Crippen molar-refractivity contribution >= 4 is 35.2 Å². The third kappa shape index (κ3) is 3.75. The van der Waals surface area contributed by atoms with Crippen LogP contribution in [0.3, 0.4) is 0 Å². The fourth-order valence-corrected chi connectivity index (χ4v) is 4.65. The summed E-state index contributed by atoms with van der Waals surface area (Å²) in [4.78, 5) is 55.4. The first kappa shape index (κ1) is 20.6. The topological polar surface area (TPSA) is 108 Å². The second kappa shape index (κ2) is 8.02. The minimum atomic E-state index is -0.685. The van der Waals surface area contributed by atoms with E-state index in [0.29, 0.717) is 39.7 Å². The molecule has 2 N–H and O–H groups in total. The Hall–Kier alpha value is -3.26. The van der Waals surface area contributed by atoms with Gasteiger partial charge in [0.1, 0.15) is 6.04 Å². The summed E-state index contributed by atoms with van der Waals surface area (Å²) in [6.07, 6.45) is 4.15. The maximum Gasteiger partial charge on any atom is 0.255 e. The molecule has 2 unspecified atom stereocenters. The Morgan fingerprint density at radius 1 is 1.19 bits per heavy atom. The molecule has 2 fully saturated rings. The van der Waals surface area contributed by atoms with E-state index >= 15 is 0 Å². The summed E-state index contributed by atoms with van der Waals surface area (Å²) in [6, 6.07) is 7.49. The number of benzene rings is 1. The third-order valence-electron chi connectivity index (χ3n) is 6.25. The molecule has 0 spiro atoms. The zero-order chi connectivity index (χ0) is 22.4. The van der Waals surface area contributed by atoms with Crippen molar-refractivity contribution in [3.8, 4) is 0 Å². The van der Waals surface area contributed by atoms with E-state index < -0.39 is 11.9 Å². The highest BCUT2D eigenvalue weighted by molar-refractivity contribution is 6.31. The van der Waals surface area contributed by atoms with Gasteiger partial charge in [0.25, 0.3) is 11.8 Å². The number of aromatic nitrogens is 1. The first-order valence-electron chi connectivity index (χ1n) is 10.6. The van der Waals surface area contributed by atoms with Crippen LogP contribution in [0.4, 0.5) is 0 Å². The van der Waals surface area contributed by atoms with Gasteiger partial charge in [-0.15, -0.1) is 0 Å². The van der Waals surface area contributed by atoms with Gasteiger partial charge in [0.05, 0.1) is 16.8 Å². The molecule has 1 aromatic heterocycles. The van der Waals surface area contributed by atoms with Crippen molar-refractivity contribution in [2.24, 2.45) is 5.92 Å². The van der Waals surface area contributed by atoms with E-state index in [1.807, 2.05) is 0 Å². The molecule has 1 aliphatic carbocycles. The molecular weight excluding hydrogens is 432 g/mol. The Bertz CT molecular complexity index is 1150. The number of carbonyl (C=O) groups is 4. The molecule has 9 heteroatoms. The van der Waals surface area contributed by atoms with Gasteiger partial charge in [0.15, 0.2) is 0 Å². The maximum atomic E-state index is 13.0. The van der Waals surface area contributed by atoms with Crippen LogP contribution in [0.15, 0.2) is 36.5 Å². The lowest BCUT2D eigenvalue weighted by Crippen LogP contribution is -2.52. The van der Waals surface area contributed by atoms with Crippen LogP contribution >= 0.6 is 11.6 Å². The average molecular weight is 453 g/mol. The molecule has 2 aliphatic heterocycles. The average Bonchev–Trinajstić information content (AvgIpc) is 3.56. The van der Waals surface area contributed by atoms with E-state index in [2.05, 4.69) is 15.6 Å². The van der Waals surface area contributed by atoms with Crippen LogP contribution in [0.25, 0.3) is 0 Å². The number of hydrogen-bond donors (Lipinski definition) is 2. The van der Waals surface area contributed by atoms with Crippen molar-refractivity contribution in [1.29, 1.82) is 0 Å². The minimum Gasteiger partial charge on any atom is -0.343 e. The third-order valence-corrected chi connectivity index (χ3v) is 6.57. The predicted molar refractivity (Wildman–Crippen MR) is 115 cm³/mol. The lowest BCUT2D eigenvalue weighted by Gasteiger charge is -2.29. The van der Waals surface area contributed by atoms with Crippen LogP contribution in [-0.2, 0) is 16.1 Å². The highest BCUT2D eigenvalue weighted by Gasteiger charge is 2.40. The molecule has 164 valence electrons. The molecule has 8 nitrogen and oxygen atoms in total. The summed E-state index contributed by atoms with van der Waals surface area (Å²) in [5, 5.41) is 5.86. The van der Waals surface area contributed by atoms with Gasteiger partial charge in [-0.25, -0.2) is 0 Å². The lowest BCUT2D eigenvalue weighted by molar-refractivity contribution is -0.136. The standard InChI is InChI=1S/C23H21ClN4O4/c24-16-2-1-9-25-20(16)19(12-3-4-12)27-21(30)13-5-6-15-14(10-13)11-28(23(15)32)17-7-8-18(29)26-22(17)31/h1-2,5-6,9-10,12,17,19H,3-4,7-8,11H2,(H,27,30)(H,26,29,31). The SMILES string of the molecule is O=C1CCC(N2Cc3cc(C(=O)NC(c4ncccc4Cl)C4CC4)ccc3C2=O)C(=O)N1. The molecule has 4 amide bonds. The van der Waals surface area contributed by atoms with Crippen molar-refractivity contribution in [2.45, 2.75) is 44.3 Å². The number of nitrogens with zero attached hydrogens (tertiary/aromatic N) is 2. The number of imide groups is 1. The van der Waals surface area contributed by atoms with Crippen LogP contribution in [0, 0.1) is 5.92 Å². The molecule has 2 aromatic rings. The lowest BCUT2D eigenvalue weighted by atomic mass is 10.0. The van der Waals surface area contributed by atoms with Crippen molar-refractivity contribution < 1.29 is 19.2 Å². The number of hydrogen-bond acceptors (Lipinski definition) is 5. The van der Waals surface area contributed by atoms with Gasteiger partial charge in [0.2, 0.25) is 11.8 Å². The smallest absolute Gasteiger partial charge is 0.255 e. The van der Waals surface area contributed by atoms with Crippen molar-refractivity contribution in [3.63, 3.8) is 0 Å². The number of rotatable bonds is 5. The number of piperidine rings is 1. The van der Waals surface area contributed by atoms with Crippen molar-refractivity contribution in [3.05, 3.63) is 63.9 Å². The molecule has 32 heavy (non-hydrogen) atoms. The Morgan fingerprint density at radius 2 is 2.00 bits per heavy atom. The van der Waals surface area contributed by atoms with Crippen LogP contribution in [0.2, 0.25) is 5.02 Å². The number of amides is 4. The molecule has 5 rings (SSSR count). The molecule has 1 saturated heterocycles. The van der Waals surface area contributed by atoms with Gasteiger partial charge in [-0.05, 0) is 61.1 Å². The molecule has 1 saturated carbocycles. The molecule has 1 aromatic carbocycles. The van der Waals surface area contributed by atoms with Gasteiger partial charge >= 0.3 is 0 Å². The summed E-state index contributed by atoms with van der Waals surface area (Å²) in [5.74, 6) is -1.02. The first-order valence-corrected chi connectivity index (χ1v) is 11.0. The first-order chi connectivity index (χ1) is 15.4.